The molecule has 0 bridgehead atoms. The molecule has 2 aromatic heterocycles. The SMILES string of the molecule is S=c1[nH]nc(-c2n[nH]c3c2CCCC3)o1. The van der Waals surface area contributed by atoms with Crippen LogP contribution in [0.25, 0.3) is 11.6 Å². The monoisotopic (exact) mass is 222 g/mol. The molecule has 3 rings (SSSR count). The van der Waals surface area contributed by atoms with E-state index in [2.05, 4.69) is 20.4 Å². The Hall–Kier alpha value is -1.43. The Labute approximate surface area is 90.9 Å². The summed E-state index contributed by atoms with van der Waals surface area (Å²) in [4.78, 5) is 0.289. The molecule has 1 aliphatic rings. The Kier molecular flexibility index (Phi) is 1.95. The maximum Gasteiger partial charge on any atom is 0.284 e. The molecule has 0 spiro atoms. The summed E-state index contributed by atoms with van der Waals surface area (Å²) in [6, 6.07) is 0. The number of aromatic amines is 2. The summed E-state index contributed by atoms with van der Waals surface area (Å²) in [6.45, 7) is 0. The van der Waals surface area contributed by atoms with Crippen LogP contribution in [0.3, 0.4) is 0 Å². The molecule has 0 saturated heterocycles. The zero-order valence-corrected chi connectivity index (χ0v) is 8.86. The van der Waals surface area contributed by atoms with E-state index < -0.39 is 0 Å². The summed E-state index contributed by atoms with van der Waals surface area (Å²) < 4.78 is 5.26. The molecule has 0 fully saturated rings. The van der Waals surface area contributed by atoms with Gasteiger partial charge in [-0.2, -0.15) is 5.10 Å². The van der Waals surface area contributed by atoms with Crippen LogP contribution >= 0.6 is 12.2 Å². The van der Waals surface area contributed by atoms with E-state index in [1.165, 1.54) is 24.1 Å². The lowest BCUT2D eigenvalue weighted by Gasteiger charge is -2.09. The van der Waals surface area contributed by atoms with Crippen LogP contribution in [0, 0.1) is 4.84 Å². The molecule has 2 N–H and O–H groups in total. The molecule has 2 heterocycles. The van der Waals surface area contributed by atoms with Gasteiger partial charge in [0, 0.05) is 11.3 Å². The van der Waals surface area contributed by atoms with Crippen molar-refractivity contribution in [3.63, 3.8) is 0 Å². The van der Waals surface area contributed by atoms with E-state index in [1.54, 1.807) is 0 Å². The maximum absolute atomic E-state index is 5.26. The lowest BCUT2D eigenvalue weighted by Crippen LogP contribution is -2.01. The predicted molar refractivity (Wildman–Crippen MR) is 55.9 cm³/mol. The fourth-order valence-electron chi connectivity index (χ4n) is 1.99. The van der Waals surface area contributed by atoms with E-state index in [4.69, 9.17) is 16.6 Å². The lowest BCUT2D eigenvalue weighted by atomic mass is 9.96. The van der Waals surface area contributed by atoms with Crippen LogP contribution in [-0.2, 0) is 12.8 Å². The molecule has 0 radical (unpaired) electrons. The van der Waals surface area contributed by atoms with Gasteiger partial charge in [-0.05, 0) is 37.9 Å². The Bertz CT molecular complexity index is 538. The Morgan fingerprint density at radius 1 is 1.13 bits per heavy atom. The Balaban J connectivity index is 2.12. The minimum absolute atomic E-state index is 0.289. The van der Waals surface area contributed by atoms with Crippen LogP contribution < -0.4 is 0 Å². The highest BCUT2D eigenvalue weighted by Gasteiger charge is 2.20. The Morgan fingerprint density at radius 2 is 2.00 bits per heavy atom. The Morgan fingerprint density at radius 3 is 2.80 bits per heavy atom. The molecule has 5 nitrogen and oxygen atoms in total. The standard InChI is InChI=1S/C9H10N4OS/c15-9-13-12-8(14-9)7-5-3-1-2-4-6(5)10-11-7/h1-4H2,(H,10,11)(H,13,15). The highest BCUT2D eigenvalue weighted by Crippen LogP contribution is 2.28. The summed E-state index contributed by atoms with van der Waals surface area (Å²) in [6.07, 6.45) is 4.52. The number of fused-ring (bicyclic) bond motifs is 1. The number of nitrogens with zero attached hydrogens (tertiary/aromatic N) is 2. The van der Waals surface area contributed by atoms with Gasteiger partial charge in [0.1, 0.15) is 0 Å². The first-order chi connectivity index (χ1) is 7.34. The summed E-state index contributed by atoms with van der Waals surface area (Å²) in [5.41, 5.74) is 3.24. The summed E-state index contributed by atoms with van der Waals surface area (Å²) in [5, 5.41) is 13.9. The van der Waals surface area contributed by atoms with Gasteiger partial charge in [0.2, 0.25) is 0 Å². The molecular weight excluding hydrogens is 212 g/mol. The summed E-state index contributed by atoms with van der Waals surface area (Å²) in [7, 11) is 0. The van der Waals surface area contributed by atoms with Gasteiger partial charge < -0.3 is 4.42 Å². The minimum Gasteiger partial charge on any atom is -0.408 e. The van der Waals surface area contributed by atoms with Crippen molar-refractivity contribution >= 4 is 12.2 Å². The zero-order valence-electron chi connectivity index (χ0n) is 8.04. The average Bonchev–Trinajstić information content (AvgIpc) is 2.83. The molecule has 78 valence electrons. The van der Waals surface area contributed by atoms with Crippen molar-refractivity contribution in [2.45, 2.75) is 25.7 Å². The number of hydrogen-bond donors (Lipinski definition) is 2. The fraction of sp³-hybridized carbons (Fsp3) is 0.444. The number of nitrogens with one attached hydrogen (secondary N) is 2. The first-order valence-electron chi connectivity index (χ1n) is 4.96. The van der Waals surface area contributed by atoms with Crippen molar-refractivity contribution in [1.82, 2.24) is 20.4 Å². The van der Waals surface area contributed by atoms with Crippen LogP contribution in [0.2, 0.25) is 0 Å². The molecule has 6 heteroatoms. The normalized spacial score (nSPS) is 15.2. The molecule has 15 heavy (non-hydrogen) atoms. The number of aromatic nitrogens is 4. The highest BCUT2D eigenvalue weighted by atomic mass is 32.1. The first-order valence-corrected chi connectivity index (χ1v) is 5.37. The molecule has 0 amide bonds. The van der Waals surface area contributed by atoms with Crippen molar-refractivity contribution in [1.29, 1.82) is 0 Å². The average molecular weight is 222 g/mol. The van der Waals surface area contributed by atoms with Gasteiger partial charge in [-0.15, -0.1) is 5.10 Å². The third-order valence-electron chi connectivity index (χ3n) is 2.70. The van der Waals surface area contributed by atoms with E-state index in [9.17, 15) is 0 Å². The van der Waals surface area contributed by atoms with E-state index in [1.807, 2.05) is 0 Å². The van der Waals surface area contributed by atoms with Gasteiger partial charge in [0.15, 0.2) is 5.69 Å². The second-order valence-electron chi connectivity index (χ2n) is 3.65. The van der Waals surface area contributed by atoms with Crippen molar-refractivity contribution in [3.05, 3.63) is 16.1 Å². The molecule has 0 aliphatic heterocycles. The zero-order chi connectivity index (χ0) is 10.3. The van der Waals surface area contributed by atoms with E-state index in [0.717, 1.165) is 18.5 Å². The van der Waals surface area contributed by atoms with Crippen LogP contribution in [0.5, 0.6) is 0 Å². The molecule has 2 aromatic rings. The first kappa shape index (κ1) is 8.84. The van der Waals surface area contributed by atoms with Gasteiger partial charge in [0.25, 0.3) is 10.7 Å². The van der Waals surface area contributed by atoms with Crippen molar-refractivity contribution in [2.24, 2.45) is 0 Å². The van der Waals surface area contributed by atoms with Gasteiger partial charge in [-0.25, -0.2) is 5.10 Å². The second-order valence-corrected chi connectivity index (χ2v) is 4.03. The summed E-state index contributed by atoms with van der Waals surface area (Å²) >= 11 is 4.84. The van der Waals surface area contributed by atoms with E-state index in [-0.39, 0.29) is 4.84 Å². The van der Waals surface area contributed by atoms with Gasteiger partial charge >= 0.3 is 0 Å². The van der Waals surface area contributed by atoms with Gasteiger partial charge in [-0.1, -0.05) is 0 Å². The maximum atomic E-state index is 5.26. The van der Waals surface area contributed by atoms with Crippen molar-refractivity contribution < 1.29 is 4.42 Å². The molecule has 0 atom stereocenters. The lowest BCUT2D eigenvalue weighted by molar-refractivity contribution is 0.548. The number of aryl methyl sites for hydroxylation is 1. The largest absolute Gasteiger partial charge is 0.408 e. The van der Waals surface area contributed by atoms with Crippen LogP contribution in [-0.4, -0.2) is 20.4 Å². The van der Waals surface area contributed by atoms with Crippen LogP contribution in [0.4, 0.5) is 0 Å². The molecule has 0 saturated carbocycles. The topological polar surface area (TPSA) is 70.5 Å². The minimum atomic E-state index is 0.289. The second kappa shape index (κ2) is 3.30. The van der Waals surface area contributed by atoms with E-state index >= 15 is 0 Å². The molecule has 0 aromatic carbocycles. The van der Waals surface area contributed by atoms with E-state index in [0.29, 0.717) is 5.89 Å². The molecule has 0 unspecified atom stereocenters. The number of hydrogen-bond acceptors (Lipinski definition) is 4. The number of H-pyrrole nitrogens is 2. The molecule has 1 aliphatic carbocycles. The third-order valence-corrected chi connectivity index (χ3v) is 2.87. The summed E-state index contributed by atoms with van der Waals surface area (Å²) in [5.74, 6) is 0.486. The van der Waals surface area contributed by atoms with Crippen LogP contribution in [0.15, 0.2) is 4.42 Å². The fourth-order valence-corrected chi connectivity index (χ4v) is 2.11. The van der Waals surface area contributed by atoms with Gasteiger partial charge in [0.05, 0.1) is 0 Å². The smallest absolute Gasteiger partial charge is 0.284 e. The number of rotatable bonds is 1. The van der Waals surface area contributed by atoms with Crippen molar-refractivity contribution in [3.8, 4) is 11.6 Å². The quantitative estimate of drug-likeness (QED) is 0.724. The van der Waals surface area contributed by atoms with Gasteiger partial charge in [-0.3, -0.25) is 5.10 Å². The highest BCUT2D eigenvalue weighted by molar-refractivity contribution is 7.71. The third kappa shape index (κ3) is 1.41. The predicted octanol–water partition coefficient (Wildman–Crippen LogP) is 2.00. The van der Waals surface area contributed by atoms with Crippen LogP contribution in [0.1, 0.15) is 24.1 Å². The molecular formula is C9H10N4OS. The van der Waals surface area contributed by atoms with Crippen molar-refractivity contribution in [2.75, 3.05) is 0 Å².